The molecule has 0 saturated heterocycles. The number of rotatable bonds is 3. The molecule has 1 aromatic rings. The summed E-state index contributed by atoms with van der Waals surface area (Å²) in [5, 5.41) is 0. The van der Waals surface area contributed by atoms with Crippen LogP contribution >= 0.6 is 0 Å². The van der Waals surface area contributed by atoms with E-state index in [0.717, 1.165) is 12.0 Å². The summed E-state index contributed by atoms with van der Waals surface area (Å²) in [4.78, 5) is 10.7. The highest BCUT2D eigenvalue weighted by Crippen LogP contribution is 2.35. The van der Waals surface area contributed by atoms with E-state index in [9.17, 15) is 9.18 Å². The van der Waals surface area contributed by atoms with Crippen LogP contribution in [-0.4, -0.2) is 12.1 Å². The van der Waals surface area contributed by atoms with Crippen molar-refractivity contribution < 1.29 is 9.18 Å². The highest BCUT2D eigenvalue weighted by molar-refractivity contribution is 5.76. The number of hydrogen-bond acceptors (Lipinski definition) is 1. The third kappa shape index (κ3) is 2.60. The van der Waals surface area contributed by atoms with Gasteiger partial charge in [0.2, 0.25) is 5.91 Å². The molecule has 2 atom stereocenters. The average Bonchev–Trinajstić information content (AvgIpc) is 2.65. The van der Waals surface area contributed by atoms with Gasteiger partial charge in [0.1, 0.15) is 6.17 Å². The zero-order chi connectivity index (χ0) is 11.5. The van der Waals surface area contributed by atoms with Crippen molar-refractivity contribution in [3.05, 3.63) is 35.4 Å². The Labute approximate surface area is 94.6 Å². The second-order valence-corrected chi connectivity index (χ2v) is 4.49. The van der Waals surface area contributed by atoms with E-state index in [1.807, 2.05) is 24.3 Å². The summed E-state index contributed by atoms with van der Waals surface area (Å²) < 4.78 is 13.0. The van der Waals surface area contributed by atoms with Crippen LogP contribution in [0, 0.1) is 0 Å². The van der Waals surface area contributed by atoms with Gasteiger partial charge in [-0.1, -0.05) is 24.3 Å². The second kappa shape index (κ2) is 4.64. The minimum Gasteiger partial charge on any atom is -0.369 e. The summed E-state index contributed by atoms with van der Waals surface area (Å²) in [7, 11) is 0. The molecule has 0 aliphatic heterocycles. The van der Waals surface area contributed by atoms with E-state index in [4.69, 9.17) is 5.73 Å². The Kier molecular flexibility index (Phi) is 3.22. The molecule has 2 nitrogen and oxygen atoms in total. The van der Waals surface area contributed by atoms with Gasteiger partial charge in [-0.3, -0.25) is 4.79 Å². The number of alkyl halides is 1. The van der Waals surface area contributed by atoms with Crippen LogP contribution in [0.5, 0.6) is 0 Å². The van der Waals surface area contributed by atoms with Gasteiger partial charge in [-0.25, -0.2) is 4.39 Å². The number of halogens is 1. The Bertz CT molecular complexity index is 374. The fourth-order valence-electron chi connectivity index (χ4n) is 2.34. The fourth-order valence-corrected chi connectivity index (χ4v) is 2.34. The number of carbonyl (C=O) groups excluding carboxylic acids is 1. The maximum absolute atomic E-state index is 13.0. The third-order valence-electron chi connectivity index (χ3n) is 3.20. The van der Waals surface area contributed by atoms with Crippen LogP contribution in [0.4, 0.5) is 4.39 Å². The van der Waals surface area contributed by atoms with Gasteiger partial charge >= 0.3 is 0 Å². The standard InChI is InChI=1S/C13H16FNO/c14-12-6-5-11(8-12)10-3-1-9(2-4-10)7-13(15)16/h1-4,11-12H,5-8H2,(H2,15,16). The molecule has 2 unspecified atom stereocenters. The molecule has 0 heterocycles. The first-order valence-corrected chi connectivity index (χ1v) is 5.66. The quantitative estimate of drug-likeness (QED) is 0.836. The van der Waals surface area contributed by atoms with Crippen molar-refractivity contribution >= 4 is 5.91 Å². The minimum atomic E-state index is -0.643. The van der Waals surface area contributed by atoms with Crippen molar-refractivity contribution in [3.63, 3.8) is 0 Å². The van der Waals surface area contributed by atoms with Crippen molar-refractivity contribution in [2.24, 2.45) is 5.73 Å². The Hall–Kier alpha value is -1.38. The monoisotopic (exact) mass is 221 g/mol. The Morgan fingerprint density at radius 1 is 1.31 bits per heavy atom. The number of hydrogen-bond donors (Lipinski definition) is 1. The molecule has 0 aromatic heterocycles. The fraction of sp³-hybridized carbons (Fsp3) is 0.462. The first-order valence-electron chi connectivity index (χ1n) is 5.66. The summed E-state index contributed by atoms with van der Waals surface area (Å²) in [6.07, 6.45) is 1.87. The molecule has 1 amide bonds. The molecule has 0 radical (unpaired) electrons. The van der Waals surface area contributed by atoms with Crippen LogP contribution in [0.1, 0.15) is 36.3 Å². The van der Waals surface area contributed by atoms with E-state index in [0.29, 0.717) is 18.8 Å². The molecule has 1 aromatic carbocycles. The third-order valence-corrected chi connectivity index (χ3v) is 3.20. The van der Waals surface area contributed by atoms with Crippen molar-refractivity contribution in [2.45, 2.75) is 37.8 Å². The summed E-state index contributed by atoms with van der Waals surface area (Å²) in [5.74, 6) is 0.0232. The zero-order valence-electron chi connectivity index (χ0n) is 9.16. The molecule has 1 saturated carbocycles. The number of carbonyl (C=O) groups is 1. The number of benzene rings is 1. The van der Waals surface area contributed by atoms with Crippen LogP contribution in [0.15, 0.2) is 24.3 Å². The molecular formula is C13H16FNO. The Morgan fingerprint density at radius 2 is 2.00 bits per heavy atom. The summed E-state index contributed by atoms with van der Waals surface area (Å²) in [6.45, 7) is 0. The normalized spacial score (nSPS) is 24.6. The van der Waals surface area contributed by atoms with Crippen molar-refractivity contribution in [3.8, 4) is 0 Å². The molecule has 16 heavy (non-hydrogen) atoms. The van der Waals surface area contributed by atoms with Gasteiger partial charge in [0.25, 0.3) is 0 Å². The van der Waals surface area contributed by atoms with Gasteiger partial charge in [-0.05, 0) is 36.3 Å². The molecule has 3 heteroatoms. The van der Waals surface area contributed by atoms with Crippen LogP contribution in [0.25, 0.3) is 0 Å². The zero-order valence-corrected chi connectivity index (χ0v) is 9.16. The molecule has 1 aliphatic carbocycles. The van der Waals surface area contributed by atoms with Gasteiger partial charge in [0, 0.05) is 0 Å². The first-order chi connectivity index (χ1) is 7.65. The van der Waals surface area contributed by atoms with Crippen molar-refractivity contribution in [1.29, 1.82) is 0 Å². The van der Waals surface area contributed by atoms with E-state index >= 15 is 0 Å². The van der Waals surface area contributed by atoms with E-state index in [1.54, 1.807) is 0 Å². The molecular weight excluding hydrogens is 205 g/mol. The predicted molar refractivity (Wildman–Crippen MR) is 60.8 cm³/mol. The van der Waals surface area contributed by atoms with Gasteiger partial charge in [-0.15, -0.1) is 0 Å². The maximum atomic E-state index is 13.0. The maximum Gasteiger partial charge on any atom is 0.221 e. The molecule has 0 bridgehead atoms. The van der Waals surface area contributed by atoms with Crippen molar-refractivity contribution in [1.82, 2.24) is 0 Å². The smallest absolute Gasteiger partial charge is 0.221 e. The molecule has 1 aliphatic rings. The lowest BCUT2D eigenvalue weighted by Gasteiger charge is -2.09. The summed E-state index contributed by atoms with van der Waals surface area (Å²) in [5.41, 5.74) is 7.21. The van der Waals surface area contributed by atoms with E-state index in [2.05, 4.69) is 0 Å². The Balaban J connectivity index is 2.04. The summed E-state index contributed by atoms with van der Waals surface area (Å²) in [6, 6.07) is 7.79. The molecule has 1 fully saturated rings. The highest BCUT2D eigenvalue weighted by Gasteiger charge is 2.25. The lowest BCUT2D eigenvalue weighted by Crippen LogP contribution is -2.13. The highest BCUT2D eigenvalue weighted by atomic mass is 19.1. The van der Waals surface area contributed by atoms with E-state index in [-0.39, 0.29) is 12.3 Å². The lowest BCUT2D eigenvalue weighted by atomic mass is 9.96. The second-order valence-electron chi connectivity index (χ2n) is 4.49. The Morgan fingerprint density at radius 3 is 2.50 bits per heavy atom. The van der Waals surface area contributed by atoms with Gasteiger partial charge in [-0.2, -0.15) is 0 Å². The van der Waals surface area contributed by atoms with Crippen molar-refractivity contribution in [2.75, 3.05) is 0 Å². The minimum absolute atomic E-state index is 0.274. The van der Waals surface area contributed by atoms with Crippen LogP contribution in [0.2, 0.25) is 0 Å². The molecule has 86 valence electrons. The molecule has 0 spiro atoms. The number of primary amides is 1. The van der Waals surface area contributed by atoms with Crippen LogP contribution in [0.3, 0.4) is 0 Å². The topological polar surface area (TPSA) is 43.1 Å². The van der Waals surface area contributed by atoms with Gasteiger partial charge in [0.05, 0.1) is 6.42 Å². The number of nitrogens with two attached hydrogens (primary N) is 1. The lowest BCUT2D eigenvalue weighted by molar-refractivity contribution is -0.117. The van der Waals surface area contributed by atoms with Gasteiger partial charge in [0.15, 0.2) is 0 Å². The van der Waals surface area contributed by atoms with Crippen LogP contribution < -0.4 is 5.73 Å². The first kappa shape index (κ1) is 11.1. The number of amides is 1. The van der Waals surface area contributed by atoms with E-state index in [1.165, 1.54) is 5.56 Å². The largest absolute Gasteiger partial charge is 0.369 e. The SMILES string of the molecule is NC(=O)Cc1ccc(C2CCC(F)C2)cc1. The van der Waals surface area contributed by atoms with Gasteiger partial charge < -0.3 is 5.73 Å². The summed E-state index contributed by atoms with van der Waals surface area (Å²) >= 11 is 0. The van der Waals surface area contributed by atoms with E-state index < -0.39 is 6.17 Å². The average molecular weight is 221 g/mol. The molecule has 2 N–H and O–H groups in total. The molecule has 2 rings (SSSR count). The predicted octanol–water partition coefficient (Wildman–Crippen LogP) is 2.32. The van der Waals surface area contributed by atoms with Crippen LogP contribution in [-0.2, 0) is 11.2 Å².